The number of ether oxygens (including phenoxy) is 2. The first-order valence-corrected chi connectivity index (χ1v) is 9.13. The molecule has 2 saturated heterocycles. The molecule has 4 heterocycles. The van der Waals surface area contributed by atoms with Gasteiger partial charge < -0.3 is 19.3 Å². The molecular formula is C19H25N5O2. The molecular weight excluding hydrogens is 330 g/mol. The summed E-state index contributed by atoms with van der Waals surface area (Å²) in [6.07, 6.45) is 5.69. The molecule has 0 saturated carbocycles. The summed E-state index contributed by atoms with van der Waals surface area (Å²) in [4.78, 5) is 17.8. The molecule has 2 aliphatic heterocycles. The van der Waals surface area contributed by atoms with Crippen molar-refractivity contribution in [2.75, 3.05) is 56.3 Å². The molecule has 2 aliphatic rings. The monoisotopic (exact) mass is 355 g/mol. The number of piperidine rings is 1. The van der Waals surface area contributed by atoms with Crippen LogP contribution in [-0.4, -0.2) is 61.5 Å². The van der Waals surface area contributed by atoms with Crippen LogP contribution in [-0.2, 0) is 4.74 Å². The molecule has 0 N–H and O–H groups in total. The van der Waals surface area contributed by atoms with E-state index in [2.05, 4.69) is 30.8 Å². The Morgan fingerprint density at radius 1 is 1.08 bits per heavy atom. The van der Waals surface area contributed by atoms with Crippen molar-refractivity contribution in [3.05, 3.63) is 36.8 Å². The topological polar surface area (TPSA) is 63.6 Å². The Balaban J connectivity index is 1.56. The van der Waals surface area contributed by atoms with Gasteiger partial charge >= 0.3 is 0 Å². The molecule has 1 atom stereocenters. The summed E-state index contributed by atoms with van der Waals surface area (Å²) >= 11 is 0. The molecule has 0 radical (unpaired) electrons. The molecule has 0 aliphatic carbocycles. The Labute approximate surface area is 154 Å². The van der Waals surface area contributed by atoms with Crippen LogP contribution in [0.25, 0.3) is 0 Å². The van der Waals surface area contributed by atoms with Crippen LogP contribution in [0.2, 0.25) is 0 Å². The summed E-state index contributed by atoms with van der Waals surface area (Å²) in [6, 6.07) is 7.99. The maximum atomic E-state index is 6.02. The lowest BCUT2D eigenvalue weighted by atomic mass is 9.80. The van der Waals surface area contributed by atoms with Crippen LogP contribution in [0.1, 0.15) is 12.8 Å². The van der Waals surface area contributed by atoms with Crippen molar-refractivity contribution in [3.63, 3.8) is 0 Å². The molecule has 0 bridgehead atoms. The van der Waals surface area contributed by atoms with E-state index in [-0.39, 0.29) is 5.41 Å². The fourth-order valence-electron chi connectivity index (χ4n) is 3.99. The largest absolute Gasteiger partial charge is 0.481 e. The van der Waals surface area contributed by atoms with Crippen molar-refractivity contribution < 1.29 is 9.47 Å². The first kappa shape index (κ1) is 17.0. The third-order valence-electron chi connectivity index (χ3n) is 5.24. The highest BCUT2D eigenvalue weighted by molar-refractivity contribution is 5.43. The molecule has 4 rings (SSSR count). The smallest absolute Gasteiger partial charge is 0.218 e. The van der Waals surface area contributed by atoms with Gasteiger partial charge in [0.25, 0.3) is 0 Å². The molecule has 26 heavy (non-hydrogen) atoms. The highest BCUT2D eigenvalue weighted by Gasteiger charge is 2.39. The van der Waals surface area contributed by atoms with Gasteiger partial charge in [-0.15, -0.1) is 0 Å². The number of rotatable bonds is 3. The predicted octanol–water partition coefficient (Wildman–Crippen LogP) is 2.00. The van der Waals surface area contributed by atoms with Gasteiger partial charge in [-0.1, -0.05) is 6.07 Å². The first-order chi connectivity index (χ1) is 12.8. The SMILES string of the molecule is COc1cc(N2CCCC3(COCCN(c4ccccn4)C3)C2)ncn1. The molecule has 2 fully saturated rings. The normalized spacial score (nSPS) is 23.7. The fraction of sp³-hybridized carbons (Fsp3) is 0.526. The standard InChI is InChI=1S/C19H25N5O2/c1-25-18-11-17(21-15-22-18)23-8-4-6-19(12-23)13-24(9-10-26-14-19)16-5-2-3-7-20-16/h2-3,5,7,11,15H,4,6,8-10,12-14H2,1H3. The minimum atomic E-state index is 0.0739. The van der Waals surface area contributed by atoms with Crippen molar-refractivity contribution >= 4 is 11.6 Å². The van der Waals surface area contributed by atoms with E-state index in [1.807, 2.05) is 24.4 Å². The molecule has 0 amide bonds. The van der Waals surface area contributed by atoms with E-state index in [1.54, 1.807) is 13.4 Å². The van der Waals surface area contributed by atoms with Gasteiger partial charge in [0.1, 0.15) is 18.0 Å². The number of pyridine rings is 1. The van der Waals surface area contributed by atoms with E-state index in [0.29, 0.717) is 5.88 Å². The lowest BCUT2D eigenvalue weighted by molar-refractivity contribution is 0.0597. The minimum Gasteiger partial charge on any atom is -0.481 e. The summed E-state index contributed by atoms with van der Waals surface area (Å²) in [6.45, 7) is 5.24. The Kier molecular flexibility index (Phi) is 4.88. The average molecular weight is 355 g/mol. The number of anilines is 2. The molecule has 2 aromatic rings. The van der Waals surface area contributed by atoms with E-state index in [4.69, 9.17) is 9.47 Å². The number of hydrogen-bond donors (Lipinski definition) is 0. The second-order valence-corrected chi connectivity index (χ2v) is 7.11. The molecule has 1 spiro atoms. The van der Waals surface area contributed by atoms with Crippen molar-refractivity contribution in [2.24, 2.45) is 5.41 Å². The molecule has 1 unspecified atom stereocenters. The Morgan fingerprint density at radius 3 is 2.77 bits per heavy atom. The summed E-state index contributed by atoms with van der Waals surface area (Å²) in [7, 11) is 1.63. The molecule has 2 aromatic heterocycles. The highest BCUT2D eigenvalue weighted by Crippen LogP contribution is 2.35. The van der Waals surface area contributed by atoms with Gasteiger partial charge in [0, 0.05) is 43.9 Å². The van der Waals surface area contributed by atoms with E-state index in [0.717, 1.165) is 63.9 Å². The maximum Gasteiger partial charge on any atom is 0.218 e. The summed E-state index contributed by atoms with van der Waals surface area (Å²) in [5.74, 6) is 2.55. The van der Waals surface area contributed by atoms with E-state index < -0.39 is 0 Å². The number of methoxy groups -OCH3 is 1. The van der Waals surface area contributed by atoms with Gasteiger partial charge in [0.15, 0.2) is 0 Å². The van der Waals surface area contributed by atoms with Crippen LogP contribution in [0.5, 0.6) is 5.88 Å². The lowest BCUT2D eigenvalue weighted by Gasteiger charge is -2.44. The van der Waals surface area contributed by atoms with Gasteiger partial charge in [-0.25, -0.2) is 15.0 Å². The molecule has 0 aromatic carbocycles. The zero-order valence-electron chi connectivity index (χ0n) is 15.2. The van der Waals surface area contributed by atoms with Crippen LogP contribution in [0, 0.1) is 5.41 Å². The van der Waals surface area contributed by atoms with Crippen LogP contribution in [0.15, 0.2) is 36.8 Å². The Bertz CT molecular complexity index is 729. The predicted molar refractivity (Wildman–Crippen MR) is 99.7 cm³/mol. The van der Waals surface area contributed by atoms with E-state index >= 15 is 0 Å². The highest BCUT2D eigenvalue weighted by atomic mass is 16.5. The van der Waals surface area contributed by atoms with Crippen molar-refractivity contribution in [3.8, 4) is 5.88 Å². The van der Waals surface area contributed by atoms with Crippen LogP contribution in [0.4, 0.5) is 11.6 Å². The third kappa shape index (κ3) is 3.58. The molecule has 7 heteroatoms. The van der Waals surface area contributed by atoms with Gasteiger partial charge in [-0.05, 0) is 25.0 Å². The van der Waals surface area contributed by atoms with E-state index in [1.165, 1.54) is 0 Å². The summed E-state index contributed by atoms with van der Waals surface area (Å²) in [5.41, 5.74) is 0.0739. The number of nitrogens with zero attached hydrogens (tertiary/aromatic N) is 5. The second kappa shape index (κ2) is 7.45. The lowest BCUT2D eigenvalue weighted by Crippen LogP contribution is -2.51. The van der Waals surface area contributed by atoms with Gasteiger partial charge in [-0.2, -0.15) is 0 Å². The Morgan fingerprint density at radius 2 is 1.96 bits per heavy atom. The molecule has 7 nitrogen and oxygen atoms in total. The molecule has 138 valence electrons. The Hall–Kier alpha value is -2.41. The fourth-order valence-corrected chi connectivity index (χ4v) is 3.99. The van der Waals surface area contributed by atoms with Gasteiger partial charge in [0.05, 0.1) is 20.3 Å². The van der Waals surface area contributed by atoms with Crippen molar-refractivity contribution in [2.45, 2.75) is 12.8 Å². The average Bonchev–Trinajstić information content (AvgIpc) is 2.91. The number of aromatic nitrogens is 3. The van der Waals surface area contributed by atoms with Crippen molar-refractivity contribution in [1.82, 2.24) is 15.0 Å². The quantitative estimate of drug-likeness (QED) is 0.834. The first-order valence-electron chi connectivity index (χ1n) is 9.13. The minimum absolute atomic E-state index is 0.0739. The van der Waals surface area contributed by atoms with Crippen LogP contribution >= 0.6 is 0 Å². The number of hydrogen-bond acceptors (Lipinski definition) is 7. The third-order valence-corrected chi connectivity index (χ3v) is 5.24. The maximum absolute atomic E-state index is 6.02. The zero-order valence-corrected chi connectivity index (χ0v) is 15.2. The van der Waals surface area contributed by atoms with Gasteiger partial charge in [0.2, 0.25) is 5.88 Å². The summed E-state index contributed by atoms with van der Waals surface area (Å²) in [5, 5.41) is 0. The second-order valence-electron chi connectivity index (χ2n) is 7.11. The van der Waals surface area contributed by atoms with Crippen molar-refractivity contribution in [1.29, 1.82) is 0 Å². The summed E-state index contributed by atoms with van der Waals surface area (Å²) < 4.78 is 11.3. The van der Waals surface area contributed by atoms with Crippen LogP contribution in [0.3, 0.4) is 0 Å². The van der Waals surface area contributed by atoms with E-state index in [9.17, 15) is 0 Å². The van der Waals surface area contributed by atoms with Gasteiger partial charge in [-0.3, -0.25) is 0 Å². The zero-order chi connectivity index (χ0) is 17.8. The van der Waals surface area contributed by atoms with Crippen LogP contribution < -0.4 is 14.5 Å².